The molecule has 0 aliphatic rings. The highest BCUT2D eigenvalue weighted by atomic mass is 79.9. The van der Waals surface area contributed by atoms with E-state index in [9.17, 15) is 26.3 Å². The summed E-state index contributed by atoms with van der Waals surface area (Å²) in [5.74, 6) is -0.180. The Labute approximate surface area is 158 Å². The highest BCUT2D eigenvalue weighted by Gasteiger charge is 2.34. The monoisotopic (exact) mass is 446 g/mol. The quantitative estimate of drug-likeness (QED) is 0.414. The summed E-state index contributed by atoms with van der Waals surface area (Å²) in [5.41, 5.74) is -1.75. The van der Waals surface area contributed by atoms with Crippen molar-refractivity contribution in [2.45, 2.75) is 12.4 Å². The van der Waals surface area contributed by atoms with E-state index in [-0.39, 0.29) is 17.1 Å². The maximum atomic E-state index is 13.2. The van der Waals surface area contributed by atoms with Crippen molar-refractivity contribution in [1.82, 2.24) is 9.97 Å². The third-order valence-electron chi connectivity index (χ3n) is 3.61. The number of hydrogen-bond acceptors (Lipinski definition) is 2. The lowest BCUT2D eigenvalue weighted by Crippen LogP contribution is -2.10. The van der Waals surface area contributed by atoms with Gasteiger partial charge in [-0.25, -0.2) is 9.97 Å². The zero-order valence-corrected chi connectivity index (χ0v) is 14.8. The molecule has 3 aromatic rings. The molecule has 0 unspecified atom stereocenters. The minimum absolute atomic E-state index is 0.118. The molecule has 1 heterocycles. The number of benzene rings is 2. The summed E-state index contributed by atoms with van der Waals surface area (Å²) in [6.07, 6.45) is -9.27. The van der Waals surface area contributed by atoms with E-state index in [1.165, 1.54) is 6.07 Å². The Morgan fingerprint density at radius 2 is 1.37 bits per heavy atom. The predicted molar refractivity (Wildman–Crippen MR) is 90.6 cm³/mol. The van der Waals surface area contributed by atoms with E-state index < -0.39 is 23.6 Å². The van der Waals surface area contributed by atoms with Crippen LogP contribution < -0.4 is 0 Å². The molecule has 0 radical (unpaired) electrons. The highest BCUT2D eigenvalue weighted by molar-refractivity contribution is 9.10. The van der Waals surface area contributed by atoms with Crippen molar-refractivity contribution in [1.29, 1.82) is 0 Å². The summed E-state index contributed by atoms with van der Waals surface area (Å²) in [5, 5.41) is 0. The molecule has 0 amide bonds. The summed E-state index contributed by atoms with van der Waals surface area (Å²) in [6.45, 7) is 0. The molecule has 0 fully saturated rings. The normalized spacial score (nSPS) is 12.3. The van der Waals surface area contributed by atoms with Gasteiger partial charge in [-0.3, -0.25) is 0 Å². The van der Waals surface area contributed by atoms with E-state index in [1.54, 1.807) is 18.2 Å². The maximum absolute atomic E-state index is 13.2. The molecule has 2 aromatic carbocycles. The van der Waals surface area contributed by atoms with Crippen molar-refractivity contribution in [3.63, 3.8) is 0 Å². The number of hydrogen-bond donors (Lipinski definition) is 0. The van der Waals surface area contributed by atoms with Gasteiger partial charge >= 0.3 is 12.4 Å². The van der Waals surface area contributed by atoms with Crippen LogP contribution >= 0.6 is 15.9 Å². The van der Waals surface area contributed by atoms with Crippen LogP contribution in [0.15, 0.2) is 59.1 Å². The summed E-state index contributed by atoms with van der Waals surface area (Å²) in [7, 11) is 0. The van der Waals surface area contributed by atoms with Crippen LogP contribution in [-0.2, 0) is 12.4 Å². The third kappa shape index (κ3) is 4.47. The number of halogens is 7. The van der Waals surface area contributed by atoms with Gasteiger partial charge in [0.25, 0.3) is 0 Å². The molecule has 0 saturated heterocycles. The van der Waals surface area contributed by atoms with Crippen LogP contribution in [-0.4, -0.2) is 9.97 Å². The fourth-order valence-electron chi connectivity index (χ4n) is 2.33. The molecule has 0 aliphatic carbocycles. The minimum Gasteiger partial charge on any atom is -0.228 e. The van der Waals surface area contributed by atoms with Crippen LogP contribution in [0.3, 0.4) is 0 Å². The molecule has 140 valence electrons. The summed E-state index contributed by atoms with van der Waals surface area (Å²) < 4.78 is 78.4. The first-order valence-electron chi connectivity index (χ1n) is 7.44. The van der Waals surface area contributed by atoms with Gasteiger partial charge in [-0.15, -0.1) is 0 Å². The van der Waals surface area contributed by atoms with E-state index in [1.807, 2.05) is 0 Å². The van der Waals surface area contributed by atoms with Crippen LogP contribution in [0.2, 0.25) is 0 Å². The Bertz CT molecular complexity index is 965. The Balaban J connectivity index is 2.13. The van der Waals surface area contributed by atoms with Crippen LogP contribution in [0, 0.1) is 0 Å². The fraction of sp³-hybridized carbons (Fsp3) is 0.111. The van der Waals surface area contributed by atoms with Crippen molar-refractivity contribution >= 4 is 15.9 Å². The largest absolute Gasteiger partial charge is 0.433 e. The Morgan fingerprint density at radius 3 is 1.93 bits per heavy atom. The van der Waals surface area contributed by atoms with Crippen molar-refractivity contribution in [2.24, 2.45) is 0 Å². The number of alkyl halides is 6. The Hall–Kier alpha value is -2.42. The fourth-order valence-corrected chi connectivity index (χ4v) is 2.73. The highest BCUT2D eigenvalue weighted by Crippen LogP contribution is 2.34. The lowest BCUT2D eigenvalue weighted by Gasteiger charge is -2.12. The van der Waals surface area contributed by atoms with Crippen molar-refractivity contribution in [3.05, 3.63) is 70.3 Å². The first-order chi connectivity index (χ1) is 12.5. The van der Waals surface area contributed by atoms with Crippen LogP contribution in [0.25, 0.3) is 22.6 Å². The van der Waals surface area contributed by atoms with Gasteiger partial charge < -0.3 is 0 Å². The second kappa shape index (κ2) is 6.95. The summed E-state index contributed by atoms with van der Waals surface area (Å²) in [6, 6.07) is 10.8. The molecule has 2 nitrogen and oxygen atoms in total. The SMILES string of the molecule is FC(F)(F)c1ccc(-c2cc(C(F)(F)F)nc(-c3cccc(Br)c3)n2)cc1. The molecular formula is C18H9BrF6N2. The van der Waals surface area contributed by atoms with Gasteiger partial charge in [-0.2, -0.15) is 26.3 Å². The predicted octanol–water partition coefficient (Wildman–Crippen LogP) is 6.61. The van der Waals surface area contributed by atoms with E-state index in [4.69, 9.17) is 0 Å². The number of rotatable bonds is 2. The standard InChI is InChI=1S/C18H9BrF6N2/c19-13-3-1-2-11(8-13)16-26-14(9-15(27-16)18(23,24)25)10-4-6-12(7-5-10)17(20,21)22/h1-9H. The van der Waals surface area contributed by atoms with E-state index in [2.05, 4.69) is 25.9 Å². The molecule has 0 spiro atoms. The second-order valence-electron chi connectivity index (χ2n) is 5.55. The van der Waals surface area contributed by atoms with Gasteiger partial charge in [0.15, 0.2) is 5.82 Å². The molecule has 9 heteroatoms. The molecular weight excluding hydrogens is 438 g/mol. The van der Waals surface area contributed by atoms with Gasteiger partial charge in [-0.1, -0.05) is 40.2 Å². The van der Waals surface area contributed by atoms with Crippen LogP contribution in [0.4, 0.5) is 26.3 Å². The van der Waals surface area contributed by atoms with Crippen molar-refractivity contribution < 1.29 is 26.3 Å². The van der Waals surface area contributed by atoms with E-state index in [0.717, 1.165) is 24.3 Å². The Morgan fingerprint density at radius 1 is 0.704 bits per heavy atom. The van der Waals surface area contributed by atoms with E-state index >= 15 is 0 Å². The molecule has 0 N–H and O–H groups in total. The lowest BCUT2D eigenvalue weighted by molar-refractivity contribution is -0.141. The number of aromatic nitrogens is 2. The van der Waals surface area contributed by atoms with Crippen LogP contribution in [0.1, 0.15) is 11.3 Å². The average Bonchev–Trinajstić information content (AvgIpc) is 2.60. The molecule has 0 aliphatic heterocycles. The molecule has 3 rings (SSSR count). The van der Waals surface area contributed by atoms with Gasteiger partial charge in [0.05, 0.1) is 11.3 Å². The summed E-state index contributed by atoms with van der Waals surface area (Å²) >= 11 is 3.22. The molecule has 0 atom stereocenters. The first-order valence-corrected chi connectivity index (χ1v) is 8.23. The first kappa shape index (κ1) is 19.3. The minimum atomic E-state index is -4.73. The second-order valence-corrected chi connectivity index (χ2v) is 6.46. The molecule has 1 aromatic heterocycles. The van der Waals surface area contributed by atoms with E-state index in [0.29, 0.717) is 16.1 Å². The summed E-state index contributed by atoms with van der Waals surface area (Å²) in [4.78, 5) is 7.67. The third-order valence-corrected chi connectivity index (χ3v) is 4.10. The van der Waals surface area contributed by atoms with Gasteiger partial charge in [-0.05, 0) is 30.3 Å². The Kier molecular flexibility index (Phi) is 4.98. The lowest BCUT2D eigenvalue weighted by atomic mass is 10.1. The maximum Gasteiger partial charge on any atom is 0.433 e. The molecule has 0 saturated carbocycles. The number of nitrogens with zero attached hydrogens (tertiary/aromatic N) is 2. The topological polar surface area (TPSA) is 25.8 Å². The average molecular weight is 447 g/mol. The van der Waals surface area contributed by atoms with Crippen LogP contribution in [0.5, 0.6) is 0 Å². The van der Waals surface area contributed by atoms with Crippen molar-refractivity contribution in [3.8, 4) is 22.6 Å². The molecule has 27 heavy (non-hydrogen) atoms. The van der Waals surface area contributed by atoms with Gasteiger partial charge in [0.2, 0.25) is 0 Å². The molecule has 0 bridgehead atoms. The smallest absolute Gasteiger partial charge is 0.228 e. The van der Waals surface area contributed by atoms with Gasteiger partial charge in [0.1, 0.15) is 5.69 Å². The van der Waals surface area contributed by atoms with Gasteiger partial charge in [0, 0.05) is 15.6 Å². The van der Waals surface area contributed by atoms with Crippen molar-refractivity contribution in [2.75, 3.05) is 0 Å². The zero-order valence-electron chi connectivity index (χ0n) is 13.2. The zero-order chi connectivity index (χ0) is 19.8.